The Bertz CT molecular complexity index is 545. The van der Waals surface area contributed by atoms with Crippen molar-refractivity contribution in [3.8, 4) is 0 Å². The van der Waals surface area contributed by atoms with Crippen LogP contribution < -0.4 is 11.1 Å². The summed E-state index contributed by atoms with van der Waals surface area (Å²) in [6.45, 7) is 1.53. The molecule has 0 aliphatic carbocycles. The van der Waals surface area contributed by atoms with E-state index in [4.69, 9.17) is 28.9 Å². The molecule has 114 valence electrons. The number of hydrogen-bond donors (Lipinski definition) is 2. The number of halogens is 2. The second-order valence-electron chi connectivity index (χ2n) is 5.01. The maximum atomic E-state index is 12.6. The third kappa shape index (κ3) is 4.09. The largest absolute Gasteiger partial charge is 0.368 e. The molecule has 5 nitrogen and oxygen atoms in total. The smallest absolute Gasteiger partial charge is 0.254 e. The monoisotopic (exact) mass is 329 g/mol. The van der Waals surface area contributed by atoms with Crippen LogP contribution >= 0.6 is 23.2 Å². The summed E-state index contributed by atoms with van der Waals surface area (Å²) in [5.41, 5.74) is 5.68. The predicted molar refractivity (Wildman–Crippen MR) is 82.6 cm³/mol. The maximum absolute atomic E-state index is 12.6. The van der Waals surface area contributed by atoms with Gasteiger partial charge in [0.05, 0.1) is 16.6 Å². The fourth-order valence-corrected chi connectivity index (χ4v) is 2.75. The van der Waals surface area contributed by atoms with Crippen LogP contribution in [-0.4, -0.2) is 42.4 Å². The summed E-state index contributed by atoms with van der Waals surface area (Å²) in [5.74, 6) is -0.777. The molecule has 1 aliphatic rings. The first-order valence-corrected chi connectivity index (χ1v) is 7.49. The second kappa shape index (κ2) is 7.11. The molecule has 7 heteroatoms. The van der Waals surface area contributed by atoms with E-state index in [0.717, 1.165) is 25.9 Å². The quantitative estimate of drug-likeness (QED) is 0.882. The van der Waals surface area contributed by atoms with Gasteiger partial charge >= 0.3 is 0 Å². The van der Waals surface area contributed by atoms with Crippen LogP contribution in [0.5, 0.6) is 0 Å². The molecule has 0 radical (unpaired) electrons. The topological polar surface area (TPSA) is 75.4 Å². The highest BCUT2D eigenvalue weighted by atomic mass is 35.5. The van der Waals surface area contributed by atoms with E-state index in [1.807, 2.05) is 0 Å². The van der Waals surface area contributed by atoms with Gasteiger partial charge in [0, 0.05) is 11.6 Å². The van der Waals surface area contributed by atoms with Crippen LogP contribution in [0, 0.1) is 0 Å². The zero-order chi connectivity index (χ0) is 15.4. The number of carbonyl (C=O) groups is 2. The first-order valence-electron chi connectivity index (χ1n) is 6.74. The Kier molecular flexibility index (Phi) is 5.45. The van der Waals surface area contributed by atoms with E-state index < -0.39 is 5.91 Å². The first-order chi connectivity index (χ1) is 9.99. The number of nitrogens with one attached hydrogen (secondary N) is 1. The van der Waals surface area contributed by atoms with Gasteiger partial charge in [-0.1, -0.05) is 23.2 Å². The SMILES string of the molecule is NC(=O)CN(C(=O)c1ccc(Cl)c(Cl)c1)C1CCNCC1. The molecule has 21 heavy (non-hydrogen) atoms. The zero-order valence-electron chi connectivity index (χ0n) is 11.4. The molecule has 2 rings (SSSR count). The Morgan fingerprint density at radius 2 is 1.90 bits per heavy atom. The molecule has 0 bridgehead atoms. The molecular weight excluding hydrogens is 313 g/mol. The van der Waals surface area contributed by atoms with Crippen molar-refractivity contribution in [1.82, 2.24) is 10.2 Å². The lowest BCUT2D eigenvalue weighted by molar-refractivity contribution is -0.119. The molecule has 2 amide bonds. The van der Waals surface area contributed by atoms with Crippen molar-refractivity contribution < 1.29 is 9.59 Å². The van der Waals surface area contributed by atoms with Crippen molar-refractivity contribution in [3.63, 3.8) is 0 Å². The molecule has 0 saturated carbocycles. The van der Waals surface area contributed by atoms with E-state index in [2.05, 4.69) is 5.32 Å². The Labute approximate surface area is 133 Å². The minimum absolute atomic E-state index is 0.000651. The average molecular weight is 330 g/mol. The molecular formula is C14H17Cl2N3O2. The summed E-state index contributed by atoms with van der Waals surface area (Å²) in [6.07, 6.45) is 1.58. The highest BCUT2D eigenvalue weighted by molar-refractivity contribution is 6.42. The van der Waals surface area contributed by atoms with E-state index in [1.54, 1.807) is 12.1 Å². The summed E-state index contributed by atoms with van der Waals surface area (Å²) in [7, 11) is 0. The molecule has 1 aliphatic heterocycles. The second-order valence-corrected chi connectivity index (χ2v) is 5.82. The van der Waals surface area contributed by atoms with Crippen LogP contribution in [0.4, 0.5) is 0 Å². The van der Waals surface area contributed by atoms with E-state index >= 15 is 0 Å². The fraction of sp³-hybridized carbons (Fsp3) is 0.429. The van der Waals surface area contributed by atoms with Crippen molar-refractivity contribution in [1.29, 1.82) is 0 Å². The van der Waals surface area contributed by atoms with Crippen LogP contribution in [0.15, 0.2) is 18.2 Å². The van der Waals surface area contributed by atoms with Gasteiger partial charge in [0.2, 0.25) is 5.91 Å². The predicted octanol–water partition coefficient (Wildman–Crippen LogP) is 1.67. The summed E-state index contributed by atoms with van der Waals surface area (Å²) in [4.78, 5) is 25.4. The van der Waals surface area contributed by atoms with Gasteiger partial charge in [-0.3, -0.25) is 9.59 Å². The molecule has 0 unspecified atom stereocenters. The number of nitrogens with zero attached hydrogens (tertiary/aromatic N) is 1. The third-order valence-electron chi connectivity index (χ3n) is 3.50. The van der Waals surface area contributed by atoms with Crippen LogP contribution in [0.25, 0.3) is 0 Å². The lowest BCUT2D eigenvalue weighted by Gasteiger charge is -2.34. The number of rotatable bonds is 4. The Balaban J connectivity index is 2.23. The molecule has 0 atom stereocenters. The number of piperidine rings is 1. The lowest BCUT2D eigenvalue weighted by atomic mass is 10.0. The van der Waals surface area contributed by atoms with Crippen molar-refractivity contribution in [2.75, 3.05) is 19.6 Å². The normalized spacial score (nSPS) is 15.7. The minimum Gasteiger partial charge on any atom is -0.368 e. The Morgan fingerprint density at radius 1 is 1.24 bits per heavy atom. The number of nitrogens with two attached hydrogens (primary N) is 1. The van der Waals surface area contributed by atoms with Gasteiger partial charge in [0.25, 0.3) is 5.91 Å². The molecule has 1 aromatic carbocycles. The van der Waals surface area contributed by atoms with Crippen molar-refractivity contribution >= 4 is 35.0 Å². The average Bonchev–Trinajstić information content (AvgIpc) is 2.47. The van der Waals surface area contributed by atoms with Gasteiger partial charge in [0.1, 0.15) is 0 Å². The molecule has 1 saturated heterocycles. The standard InChI is InChI=1S/C14H17Cl2N3O2/c15-11-2-1-9(7-12(11)16)14(21)19(8-13(17)20)10-3-5-18-6-4-10/h1-2,7,10,18H,3-6,8H2,(H2,17,20). The highest BCUT2D eigenvalue weighted by Gasteiger charge is 2.27. The Hall–Kier alpha value is -1.30. The van der Waals surface area contributed by atoms with Gasteiger partial charge in [-0.2, -0.15) is 0 Å². The third-order valence-corrected chi connectivity index (χ3v) is 4.24. The van der Waals surface area contributed by atoms with Crippen LogP contribution in [-0.2, 0) is 4.79 Å². The number of benzene rings is 1. The molecule has 1 heterocycles. The zero-order valence-corrected chi connectivity index (χ0v) is 13.0. The number of hydrogen-bond acceptors (Lipinski definition) is 3. The van der Waals surface area contributed by atoms with E-state index in [-0.39, 0.29) is 18.5 Å². The fourth-order valence-electron chi connectivity index (χ4n) is 2.45. The summed E-state index contributed by atoms with van der Waals surface area (Å²) in [6, 6.07) is 4.69. The molecule has 3 N–H and O–H groups in total. The van der Waals surface area contributed by atoms with Gasteiger partial charge in [-0.05, 0) is 44.1 Å². The molecule has 0 spiro atoms. The van der Waals surface area contributed by atoms with Gasteiger partial charge in [-0.25, -0.2) is 0 Å². The summed E-state index contributed by atoms with van der Waals surface area (Å²) >= 11 is 11.8. The van der Waals surface area contributed by atoms with Gasteiger partial charge in [-0.15, -0.1) is 0 Å². The lowest BCUT2D eigenvalue weighted by Crippen LogP contribution is -2.49. The minimum atomic E-state index is -0.526. The van der Waals surface area contributed by atoms with E-state index in [0.29, 0.717) is 15.6 Å². The maximum Gasteiger partial charge on any atom is 0.254 e. The highest BCUT2D eigenvalue weighted by Crippen LogP contribution is 2.24. The summed E-state index contributed by atoms with van der Waals surface area (Å²) < 4.78 is 0. The van der Waals surface area contributed by atoms with Gasteiger partial charge < -0.3 is 16.0 Å². The molecule has 1 fully saturated rings. The van der Waals surface area contributed by atoms with Crippen LogP contribution in [0.1, 0.15) is 23.2 Å². The number of amides is 2. The number of carbonyl (C=O) groups excluding carboxylic acids is 2. The van der Waals surface area contributed by atoms with Crippen molar-refractivity contribution in [2.45, 2.75) is 18.9 Å². The van der Waals surface area contributed by atoms with E-state index in [9.17, 15) is 9.59 Å². The van der Waals surface area contributed by atoms with Crippen molar-refractivity contribution in [3.05, 3.63) is 33.8 Å². The van der Waals surface area contributed by atoms with Crippen molar-refractivity contribution in [2.24, 2.45) is 5.73 Å². The first kappa shape index (κ1) is 16.1. The molecule has 1 aromatic rings. The van der Waals surface area contributed by atoms with Gasteiger partial charge in [0.15, 0.2) is 0 Å². The van der Waals surface area contributed by atoms with Crippen LogP contribution in [0.2, 0.25) is 10.0 Å². The summed E-state index contributed by atoms with van der Waals surface area (Å²) in [5, 5.41) is 3.92. The van der Waals surface area contributed by atoms with E-state index in [1.165, 1.54) is 11.0 Å². The Morgan fingerprint density at radius 3 is 2.48 bits per heavy atom. The number of primary amides is 1. The van der Waals surface area contributed by atoms with Crippen LogP contribution in [0.3, 0.4) is 0 Å². The molecule has 0 aromatic heterocycles.